The van der Waals surface area contributed by atoms with Crippen molar-refractivity contribution in [3.63, 3.8) is 0 Å². The zero-order valence-electron chi connectivity index (χ0n) is 12.1. The van der Waals surface area contributed by atoms with Crippen molar-refractivity contribution in [2.75, 3.05) is 19.5 Å². The number of hydrogen-bond acceptors (Lipinski definition) is 4. The van der Waals surface area contributed by atoms with Gasteiger partial charge in [0.05, 0.1) is 19.9 Å². The van der Waals surface area contributed by atoms with Crippen LogP contribution < -0.4 is 20.1 Å². The highest BCUT2D eigenvalue weighted by Crippen LogP contribution is 2.28. The number of carbonyl (C=O) groups excluding carboxylic acids is 2. The van der Waals surface area contributed by atoms with E-state index >= 15 is 0 Å². The molecule has 1 rings (SSSR count). The summed E-state index contributed by atoms with van der Waals surface area (Å²) in [4.78, 5) is 23.3. The first-order valence-corrected chi connectivity index (χ1v) is 6.27. The summed E-state index contributed by atoms with van der Waals surface area (Å²) in [6, 6.07) is 5.04. The van der Waals surface area contributed by atoms with Gasteiger partial charge in [-0.1, -0.05) is 0 Å². The van der Waals surface area contributed by atoms with Gasteiger partial charge in [-0.3, -0.25) is 9.59 Å². The zero-order chi connectivity index (χ0) is 15.1. The average Bonchev–Trinajstić information content (AvgIpc) is 2.37. The van der Waals surface area contributed by atoms with Crippen molar-refractivity contribution in [1.29, 1.82) is 0 Å². The molecule has 0 saturated carbocycles. The van der Waals surface area contributed by atoms with E-state index in [0.29, 0.717) is 17.2 Å². The second kappa shape index (κ2) is 7.37. The van der Waals surface area contributed by atoms with E-state index in [-0.39, 0.29) is 18.4 Å². The molecule has 0 aliphatic rings. The van der Waals surface area contributed by atoms with Crippen molar-refractivity contribution in [1.82, 2.24) is 5.32 Å². The van der Waals surface area contributed by atoms with Gasteiger partial charge in [0.2, 0.25) is 11.8 Å². The molecule has 0 aliphatic carbocycles. The minimum Gasteiger partial charge on any atom is -0.497 e. The largest absolute Gasteiger partial charge is 0.497 e. The van der Waals surface area contributed by atoms with E-state index in [0.717, 1.165) is 0 Å². The Morgan fingerprint density at radius 3 is 2.40 bits per heavy atom. The third-order valence-electron chi connectivity index (χ3n) is 2.45. The lowest BCUT2D eigenvalue weighted by molar-refractivity contribution is -0.127. The van der Waals surface area contributed by atoms with Gasteiger partial charge in [0, 0.05) is 12.1 Å². The first-order chi connectivity index (χ1) is 9.46. The molecule has 6 nitrogen and oxygen atoms in total. The third-order valence-corrected chi connectivity index (χ3v) is 2.45. The molecule has 1 aromatic rings. The van der Waals surface area contributed by atoms with E-state index in [9.17, 15) is 9.59 Å². The Bertz CT molecular complexity index is 486. The minimum atomic E-state index is -0.408. The quantitative estimate of drug-likeness (QED) is 0.775. The van der Waals surface area contributed by atoms with Gasteiger partial charge in [0.15, 0.2) is 0 Å². The van der Waals surface area contributed by atoms with Crippen LogP contribution in [0.15, 0.2) is 18.2 Å². The number of nitrogens with one attached hydrogen (secondary N) is 2. The van der Waals surface area contributed by atoms with Crippen molar-refractivity contribution < 1.29 is 19.1 Å². The summed E-state index contributed by atoms with van der Waals surface area (Å²) in [5, 5.41) is 5.29. The Morgan fingerprint density at radius 2 is 1.85 bits per heavy atom. The van der Waals surface area contributed by atoms with Crippen LogP contribution in [-0.4, -0.2) is 32.1 Å². The minimum absolute atomic E-state index is 0.00153. The highest BCUT2D eigenvalue weighted by atomic mass is 16.5. The van der Waals surface area contributed by atoms with Crippen LogP contribution in [-0.2, 0) is 9.59 Å². The van der Waals surface area contributed by atoms with Crippen LogP contribution in [0.3, 0.4) is 0 Å². The molecule has 2 N–H and O–H groups in total. The summed E-state index contributed by atoms with van der Waals surface area (Å²) in [6.07, 6.45) is -0.238. The summed E-state index contributed by atoms with van der Waals surface area (Å²) in [6.45, 7) is 3.67. The fraction of sp³-hybridized carbons (Fsp3) is 0.429. The number of amides is 2. The highest BCUT2D eigenvalue weighted by molar-refractivity contribution is 6.04. The molecule has 0 saturated heterocycles. The number of benzene rings is 1. The van der Waals surface area contributed by atoms with E-state index in [4.69, 9.17) is 9.47 Å². The van der Waals surface area contributed by atoms with Crippen LogP contribution in [0, 0.1) is 0 Å². The monoisotopic (exact) mass is 280 g/mol. The molecule has 1 aromatic carbocycles. The van der Waals surface area contributed by atoms with Gasteiger partial charge >= 0.3 is 0 Å². The molecule has 0 aromatic heterocycles. The first kappa shape index (κ1) is 15.8. The summed E-state index contributed by atoms with van der Waals surface area (Å²) in [7, 11) is 3.03. The highest BCUT2D eigenvalue weighted by Gasteiger charge is 2.13. The summed E-state index contributed by atoms with van der Waals surface area (Å²) < 4.78 is 10.2. The molecule has 0 fully saturated rings. The predicted molar refractivity (Wildman–Crippen MR) is 76.1 cm³/mol. The average molecular weight is 280 g/mol. The van der Waals surface area contributed by atoms with Gasteiger partial charge in [-0.05, 0) is 26.0 Å². The third kappa shape index (κ3) is 4.79. The number of rotatable bonds is 6. The fourth-order valence-corrected chi connectivity index (χ4v) is 1.62. The molecule has 0 radical (unpaired) electrons. The number of hydrogen-bond donors (Lipinski definition) is 2. The second-order valence-corrected chi connectivity index (χ2v) is 4.51. The molecule has 0 atom stereocenters. The van der Waals surface area contributed by atoms with E-state index < -0.39 is 5.91 Å². The molecule has 2 amide bonds. The van der Waals surface area contributed by atoms with E-state index in [1.165, 1.54) is 14.2 Å². The van der Waals surface area contributed by atoms with Gasteiger partial charge < -0.3 is 20.1 Å². The van der Waals surface area contributed by atoms with Crippen molar-refractivity contribution in [3.8, 4) is 11.5 Å². The topological polar surface area (TPSA) is 76.7 Å². The van der Waals surface area contributed by atoms with Crippen LogP contribution >= 0.6 is 0 Å². The molecule has 0 heterocycles. The molecule has 0 bridgehead atoms. The van der Waals surface area contributed by atoms with Crippen LogP contribution in [0.2, 0.25) is 0 Å². The Balaban J connectivity index is 2.71. The van der Waals surface area contributed by atoms with Crippen LogP contribution in [0.4, 0.5) is 5.69 Å². The van der Waals surface area contributed by atoms with Gasteiger partial charge in [-0.15, -0.1) is 0 Å². The maximum atomic E-state index is 11.8. The SMILES string of the molecule is COc1ccc(OC)c(NC(=O)CC(=O)NC(C)C)c1. The lowest BCUT2D eigenvalue weighted by Crippen LogP contribution is -2.33. The Labute approximate surface area is 118 Å². The molecular weight excluding hydrogens is 260 g/mol. The first-order valence-electron chi connectivity index (χ1n) is 6.27. The van der Waals surface area contributed by atoms with Gasteiger partial charge in [-0.2, -0.15) is 0 Å². The van der Waals surface area contributed by atoms with E-state index in [1.807, 2.05) is 13.8 Å². The lowest BCUT2D eigenvalue weighted by Gasteiger charge is -2.12. The molecule has 0 unspecified atom stereocenters. The van der Waals surface area contributed by atoms with Crippen molar-refractivity contribution in [2.24, 2.45) is 0 Å². The van der Waals surface area contributed by atoms with Crippen molar-refractivity contribution in [2.45, 2.75) is 26.3 Å². The van der Waals surface area contributed by atoms with Crippen molar-refractivity contribution in [3.05, 3.63) is 18.2 Å². The van der Waals surface area contributed by atoms with Crippen LogP contribution in [0.5, 0.6) is 11.5 Å². The normalized spacial score (nSPS) is 10.1. The Hall–Kier alpha value is -2.24. The number of ether oxygens (including phenoxy) is 2. The van der Waals surface area contributed by atoms with Gasteiger partial charge in [0.1, 0.15) is 17.9 Å². The fourth-order valence-electron chi connectivity index (χ4n) is 1.62. The molecule has 0 aliphatic heterocycles. The Morgan fingerprint density at radius 1 is 1.15 bits per heavy atom. The maximum Gasteiger partial charge on any atom is 0.233 e. The second-order valence-electron chi connectivity index (χ2n) is 4.51. The Kier molecular flexibility index (Phi) is 5.83. The van der Waals surface area contributed by atoms with Crippen LogP contribution in [0.1, 0.15) is 20.3 Å². The smallest absolute Gasteiger partial charge is 0.233 e. The van der Waals surface area contributed by atoms with Gasteiger partial charge in [0.25, 0.3) is 0 Å². The zero-order valence-corrected chi connectivity index (χ0v) is 12.1. The summed E-state index contributed by atoms with van der Waals surface area (Å²) in [5.41, 5.74) is 0.467. The van der Waals surface area contributed by atoms with E-state index in [1.54, 1.807) is 18.2 Å². The summed E-state index contributed by atoms with van der Waals surface area (Å²) >= 11 is 0. The molecular formula is C14H20N2O4. The number of carbonyl (C=O) groups is 2. The predicted octanol–water partition coefficient (Wildman–Crippen LogP) is 1.56. The van der Waals surface area contributed by atoms with Gasteiger partial charge in [-0.25, -0.2) is 0 Å². The molecule has 110 valence electrons. The maximum absolute atomic E-state index is 11.8. The molecule has 0 spiro atoms. The summed E-state index contributed by atoms with van der Waals surface area (Å²) in [5.74, 6) is 0.366. The number of anilines is 1. The van der Waals surface area contributed by atoms with Crippen LogP contribution in [0.25, 0.3) is 0 Å². The number of methoxy groups -OCH3 is 2. The lowest BCUT2D eigenvalue weighted by atomic mass is 10.2. The molecule has 20 heavy (non-hydrogen) atoms. The molecule has 6 heteroatoms. The van der Waals surface area contributed by atoms with E-state index in [2.05, 4.69) is 10.6 Å². The van der Waals surface area contributed by atoms with Crippen molar-refractivity contribution >= 4 is 17.5 Å². The standard InChI is InChI=1S/C14H20N2O4/c1-9(2)15-13(17)8-14(18)16-11-7-10(19-3)5-6-12(11)20-4/h5-7,9H,8H2,1-4H3,(H,15,17)(H,16,18).